The predicted molar refractivity (Wildman–Crippen MR) is 85.3 cm³/mol. The molecule has 0 saturated carbocycles. The van der Waals surface area contributed by atoms with Crippen LogP contribution in [0.15, 0.2) is 28.7 Å². The van der Waals surface area contributed by atoms with Crippen molar-refractivity contribution < 1.29 is 9.53 Å². The molecule has 0 atom stereocenters. The second-order valence-electron chi connectivity index (χ2n) is 4.02. The second-order valence-corrected chi connectivity index (χ2v) is 5.89. The lowest BCUT2D eigenvalue weighted by molar-refractivity contribution is 0.100. The van der Waals surface area contributed by atoms with Crippen molar-refractivity contribution in [3.63, 3.8) is 0 Å². The first kappa shape index (κ1) is 14.7. The molecular weight excluding hydrogens is 342 g/mol. The van der Waals surface area contributed by atoms with Crippen molar-refractivity contribution in [3.8, 4) is 5.75 Å². The Balaban J connectivity index is 2.24. The number of anilines is 2. The van der Waals surface area contributed by atoms with Gasteiger partial charge in [-0.05, 0) is 11.6 Å². The van der Waals surface area contributed by atoms with E-state index in [1.54, 1.807) is 0 Å². The highest BCUT2D eigenvalue weighted by molar-refractivity contribution is 9.10. The zero-order valence-electron chi connectivity index (χ0n) is 10.8. The molecule has 0 fully saturated rings. The number of hydrogen-bond acceptors (Lipinski definition) is 5. The summed E-state index contributed by atoms with van der Waals surface area (Å²) in [5, 5.41) is 3.90. The highest BCUT2D eigenvalue weighted by atomic mass is 79.9. The molecule has 1 aromatic heterocycles. The van der Waals surface area contributed by atoms with Gasteiger partial charge in [-0.2, -0.15) is 0 Å². The smallest absolute Gasteiger partial charge is 0.261 e. The molecule has 0 bridgehead atoms. The molecule has 7 heteroatoms. The number of methoxy groups -OCH3 is 1. The largest absolute Gasteiger partial charge is 0.492 e. The van der Waals surface area contributed by atoms with Gasteiger partial charge >= 0.3 is 0 Å². The Hall–Kier alpha value is -1.73. The van der Waals surface area contributed by atoms with Crippen LogP contribution in [0.4, 0.5) is 10.7 Å². The van der Waals surface area contributed by atoms with E-state index in [0.29, 0.717) is 22.2 Å². The van der Waals surface area contributed by atoms with Gasteiger partial charge in [-0.1, -0.05) is 34.1 Å². The van der Waals surface area contributed by atoms with Gasteiger partial charge in [0.05, 0.1) is 7.11 Å². The van der Waals surface area contributed by atoms with Crippen molar-refractivity contribution in [2.45, 2.75) is 6.54 Å². The minimum absolute atomic E-state index is 0.277. The quantitative estimate of drug-likeness (QED) is 0.768. The molecule has 0 unspecified atom stereocenters. The summed E-state index contributed by atoms with van der Waals surface area (Å²) < 4.78 is 6.23. The Morgan fingerprint density at radius 1 is 1.45 bits per heavy atom. The molecule has 1 amide bonds. The molecule has 5 N–H and O–H groups in total. The number of primary amides is 1. The van der Waals surface area contributed by atoms with Gasteiger partial charge in [-0.25, -0.2) is 0 Å². The third-order valence-corrected chi connectivity index (χ3v) is 4.66. The maximum atomic E-state index is 11.3. The summed E-state index contributed by atoms with van der Waals surface area (Å²) >= 11 is 4.67. The van der Waals surface area contributed by atoms with E-state index in [2.05, 4.69) is 21.2 Å². The predicted octanol–water partition coefficient (Wildman–Crippen LogP) is 2.81. The van der Waals surface area contributed by atoms with Crippen LogP contribution in [0.3, 0.4) is 0 Å². The molecule has 5 nitrogen and oxygen atoms in total. The molecular formula is C13H14BrN3O2S. The molecule has 0 aliphatic heterocycles. The summed E-state index contributed by atoms with van der Waals surface area (Å²) in [5.41, 5.74) is 12.5. The number of nitrogens with one attached hydrogen (secondary N) is 1. The first-order valence-corrected chi connectivity index (χ1v) is 7.39. The number of hydrogen-bond donors (Lipinski definition) is 3. The molecule has 2 aromatic rings. The normalized spacial score (nSPS) is 10.3. The Kier molecular flexibility index (Phi) is 4.51. The number of ether oxygens (including phenoxy) is 1. The van der Waals surface area contributed by atoms with Crippen LogP contribution in [0.5, 0.6) is 5.75 Å². The number of benzene rings is 1. The Morgan fingerprint density at radius 2 is 2.15 bits per heavy atom. The first-order valence-electron chi connectivity index (χ1n) is 5.78. The Bertz CT molecular complexity index is 643. The van der Waals surface area contributed by atoms with Gasteiger partial charge in [0.1, 0.15) is 15.6 Å². The average Bonchev–Trinajstić information content (AvgIpc) is 2.74. The van der Waals surface area contributed by atoms with Crippen molar-refractivity contribution in [2.75, 3.05) is 18.2 Å². The number of halogens is 1. The zero-order valence-corrected chi connectivity index (χ0v) is 13.2. The van der Waals surface area contributed by atoms with Crippen LogP contribution >= 0.6 is 27.3 Å². The third-order valence-electron chi connectivity index (χ3n) is 2.72. The number of nitrogen functional groups attached to an aromatic ring is 1. The van der Waals surface area contributed by atoms with E-state index in [0.717, 1.165) is 10.0 Å². The maximum absolute atomic E-state index is 11.3. The van der Waals surface area contributed by atoms with Crippen molar-refractivity contribution in [1.82, 2.24) is 0 Å². The van der Waals surface area contributed by atoms with Gasteiger partial charge in [0.15, 0.2) is 5.75 Å². The molecule has 0 aliphatic rings. The first-order chi connectivity index (χ1) is 9.54. The number of rotatable bonds is 5. The fourth-order valence-electron chi connectivity index (χ4n) is 1.75. The van der Waals surface area contributed by atoms with Crippen molar-refractivity contribution in [1.29, 1.82) is 0 Å². The van der Waals surface area contributed by atoms with E-state index < -0.39 is 5.91 Å². The van der Waals surface area contributed by atoms with Crippen LogP contribution in [0.2, 0.25) is 0 Å². The number of carbonyl (C=O) groups is 1. The van der Waals surface area contributed by atoms with Crippen molar-refractivity contribution >= 4 is 43.9 Å². The third kappa shape index (κ3) is 2.88. The van der Waals surface area contributed by atoms with Crippen LogP contribution in [-0.4, -0.2) is 13.0 Å². The number of amides is 1. The molecule has 0 radical (unpaired) electrons. The van der Waals surface area contributed by atoms with Gasteiger partial charge < -0.3 is 21.5 Å². The average molecular weight is 356 g/mol. The van der Waals surface area contributed by atoms with Gasteiger partial charge in [0.2, 0.25) is 0 Å². The van der Waals surface area contributed by atoms with Crippen molar-refractivity contribution in [3.05, 3.63) is 39.2 Å². The second kappa shape index (κ2) is 6.15. The summed E-state index contributed by atoms with van der Waals surface area (Å²) in [6.07, 6.45) is 0. The van der Waals surface area contributed by atoms with Crippen LogP contribution in [0.1, 0.15) is 15.2 Å². The molecule has 20 heavy (non-hydrogen) atoms. The minimum Gasteiger partial charge on any atom is -0.492 e. The van der Waals surface area contributed by atoms with Gasteiger partial charge in [-0.3, -0.25) is 4.79 Å². The van der Waals surface area contributed by atoms with Gasteiger partial charge in [0.25, 0.3) is 5.91 Å². The molecule has 0 spiro atoms. The SMILES string of the molecule is COc1c(NCc2ccccc2Br)sc(C(N)=O)c1N. The van der Waals surface area contributed by atoms with Crippen LogP contribution in [-0.2, 0) is 6.54 Å². The molecule has 106 valence electrons. The highest BCUT2D eigenvalue weighted by Crippen LogP contribution is 2.42. The molecule has 0 saturated heterocycles. The highest BCUT2D eigenvalue weighted by Gasteiger charge is 2.20. The van der Waals surface area contributed by atoms with E-state index in [9.17, 15) is 4.79 Å². The Labute approximate surface area is 129 Å². The van der Waals surface area contributed by atoms with Crippen LogP contribution in [0, 0.1) is 0 Å². The molecule has 1 heterocycles. The van der Waals surface area contributed by atoms with E-state index in [-0.39, 0.29) is 5.69 Å². The summed E-state index contributed by atoms with van der Waals surface area (Å²) in [4.78, 5) is 11.6. The van der Waals surface area contributed by atoms with Gasteiger partial charge in [0, 0.05) is 11.0 Å². The lowest BCUT2D eigenvalue weighted by atomic mass is 10.2. The van der Waals surface area contributed by atoms with E-state index >= 15 is 0 Å². The van der Waals surface area contributed by atoms with E-state index in [4.69, 9.17) is 16.2 Å². The Morgan fingerprint density at radius 3 is 2.75 bits per heavy atom. The van der Waals surface area contributed by atoms with Gasteiger partial charge in [-0.15, -0.1) is 11.3 Å². The lowest BCUT2D eigenvalue weighted by Crippen LogP contribution is -2.10. The van der Waals surface area contributed by atoms with Crippen LogP contribution < -0.4 is 21.5 Å². The number of carbonyl (C=O) groups excluding carboxylic acids is 1. The number of thiophene rings is 1. The number of nitrogens with two attached hydrogens (primary N) is 2. The minimum atomic E-state index is -0.556. The molecule has 2 rings (SSSR count). The van der Waals surface area contributed by atoms with E-state index in [1.165, 1.54) is 18.4 Å². The van der Waals surface area contributed by atoms with E-state index in [1.807, 2.05) is 24.3 Å². The summed E-state index contributed by atoms with van der Waals surface area (Å²) in [5.74, 6) is -0.101. The molecule has 0 aliphatic carbocycles. The fraction of sp³-hybridized carbons (Fsp3) is 0.154. The summed E-state index contributed by atoms with van der Waals surface area (Å²) in [6.45, 7) is 0.579. The monoisotopic (exact) mass is 355 g/mol. The van der Waals surface area contributed by atoms with Crippen molar-refractivity contribution in [2.24, 2.45) is 5.73 Å². The van der Waals surface area contributed by atoms with Crippen LogP contribution in [0.25, 0.3) is 0 Å². The fourth-order valence-corrected chi connectivity index (χ4v) is 3.11. The summed E-state index contributed by atoms with van der Waals surface area (Å²) in [7, 11) is 1.51. The zero-order chi connectivity index (χ0) is 14.7. The standard InChI is InChI=1S/C13H14BrN3O2S/c1-19-10-9(15)11(12(16)18)20-13(10)17-6-7-4-2-3-5-8(7)14/h2-5,17H,6,15H2,1H3,(H2,16,18). The lowest BCUT2D eigenvalue weighted by Gasteiger charge is -2.08. The topological polar surface area (TPSA) is 90.4 Å². The summed E-state index contributed by atoms with van der Waals surface area (Å²) in [6, 6.07) is 7.86. The maximum Gasteiger partial charge on any atom is 0.261 e. The molecule has 1 aromatic carbocycles.